The zero-order valence-electron chi connectivity index (χ0n) is 18.9. The van der Waals surface area contributed by atoms with E-state index in [1.807, 2.05) is 0 Å². The summed E-state index contributed by atoms with van der Waals surface area (Å²) in [7, 11) is 0. The Bertz CT molecular complexity index is 538. The van der Waals surface area contributed by atoms with Crippen LogP contribution in [0.1, 0.15) is 90.9 Å². The van der Waals surface area contributed by atoms with E-state index in [0.29, 0.717) is 0 Å². The monoisotopic (exact) mass is 445 g/mol. The maximum absolute atomic E-state index is 11.7. The number of rotatable bonds is 19. The number of carboxylic acids is 1. The second-order valence-electron chi connectivity index (χ2n) is 7.75. The van der Waals surface area contributed by atoms with Gasteiger partial charge in [0.1, 0.15) is 25.4 Å². The van der Waals surface area contributed by atoms with Gasteiger partial charge in [-0.3, -0.25) is 14.4 Å². The fraction of sp³-hybridized carbons (Fsp3) is 0.818. The lowest BCUT2D eigenvalue weighted by atomic mass is 10.1. The molecule has 0 spiro atoms. The number of aliphatic carboxylic acids is 1. The number of hydrogen-bond acceptors (Lipinski definition) is 7. The van der Waals surface area contributed by atoms with Gasteiger partial charge in [0.25, 0.3) is 0 Å². The van der Waals surface area contributed by atoms with E-state index in [2.05, 4.69) is 12.2 Å². The van der Waals surface area contributed by atoms with Crippen molar-refractivity contribution >= 4 is 23.8 Å². The minimum Gasteiger partial charge on any atom is -0.480 e. The van der Waals surface area contributed by atoms with Gasteiger partial charge in [0.2, 0.25) is 5.91 Å². The maximum atomic E-state index is 11.7. The molecule has 0 aliphatic heterocycles. The van der Waals surface area contributed by atoms with Crippen molar-refractivity contribution in [2.24, 2.45) is 0 Å². The van der Waals surface area contributed by atoms with Gasteiger partial charge in [0.05, 0.1) is 6.42 Å². The molecule has 0 radical (unpaired) electrons. The quantitative estimate of drug-likeness (QED) is 0.204. The van der Waals surface area contributed by atoms with E-state index in [-0.39, 0.29) is 13.0 Å². The molecule has 0 fully saturated rings. The molecule has 0 saturated carbocycles. The molecular formula is C22H39NO8. The summed E-state index contributed by atoms with van der Waals surface area (Å²) in [6, 6.07) is -1.40. The zero-order valence-corrected chi connectivity index (χ0v) is 18.9. The number of aliphatic hydroxyl groups excluding tert-OH is 1. The number of ether oxygens (including phenoxy) is 2. The summed E-state index contributed by atoms with van der Waals surface area (Å²) >= 11 is 0. The van der Waals surface area contributed by atoms with Crippen LogP contribution in [0.3, 0.4) is 0 Å². The van der Waals surface area contributed by atoms with E-state index >= 15 is 0 Å². The number of unbranched alkanes of at least 4 members (excludes halogenated alkanes) is 9. The number of carbonyl (C=O) groups excluding carboxylic acids is 3. The number of amides is 1. The molecule has 2 atom stereocenters. The van der Waals surface area contributed by atoms with Gasteiger partial charge in [-0.15, -0.1) is 0 Å². The molecule has 180 valence electrons. The highest BCUT2D eigenvalue weighted by atomic mass is 16.6. The minimum absolute atomic E-state index is 0.278. The van der Waals surface area contributed by atoms with Gasteiger partial charge in [-0.05, 0) is 6.42 Å². The Morgan fingerprint density at radius 2 is 1.29 bits per heavy atom. The number of esters is 2. The van der Waals surface area contributed by atoms with Crippen LogP contribution in [-0.4, -0.2) is 59.4 Å². The van der Waals surface area contributed by atoms with E-state index in [4.69, 9.17) is 14.6 Å². The Labute approximate surface area is 184 Å². The molecule has 0 rings (SSSR count). The predicted octanol–water partition coefficient (Wildman–Crippen LogP) is 2.72. The molecule has 9 nitrogen and oxygen atoms in total. The van der Waals surface area contributed by atoms with Crippen molar-refractivity contribution in [3.8, 4) is 0 Å². The third-order valence-electron chi connectivity index (χ3n) is 4.65. The largest absolute Gasteiger partial charge is 0.480 e. The molecule has 0 aliphatic rings. The summed E-state index contributed by atoms with van der Waals surface area (Å²) < 4.78 is 9.73. The van der Waals surface area contributed by atoms with Crippen LogP contribution in [0, 0.1) is 0 Å². The highest BCUT2D eigenvalue weighted by molar-refractivity contribution is 5.86. The molecule has 0 heterocycles. The molecule has 0 saturated heterocycles. The second kappa shape index (κ2) is 18.6. The maximum Gasteiger partial charge on any atom is 0.326 e. The molecule has 2 unspecified atom stereocenters. The van der Waals surface area contributed by atoms with Gasteiger partial charge in [-0.25, -0.2) is 4.79 Å². The van der Waals surface area contributed by atoms with Crippen LogP contribution in [0.4, 0.5) is 0 Å². The Morgan fingerprint density at radius 1 is 0.806 bits per heavy atom. The number of aliphatic hydroxyl groups is 1. The van der Waals surface area contributed by atoms with E-state index < -0.39 is 49.0 Å². The fourth-order valence-corrected chi connectivity index (χ4v) is 2.93. The molecule has 0 aromatic rings. The lowest BCUT2D eigenvalue weighted by molar-refractivity contribution is -0.155. The van der Waals surface area contributed by atoms with Gasteiger partial charge < -0.3 is 25.0 Å². The fourth-order valence-electron chi connectivity index (χ4n) is 2.93. The first-order valence-electron chi connectivity index (χ1n) is 11.3. The summed E-state index contributed by atoms with van der Waals surface area (Å²) in [6.07, 6.45) is 10.2. The van der Waals surface area contributed by atoms with Crippen molar-refractivity contribution < 1.29 is 38.9 Å². The van der Waals surface area contributed by atoms with Crippen molar-refractivity contribution in [1.29, 1.82) is 0 Å². The molecule has 9 heteroatoms. The van der Waals surface area contributed by atoms with Gasteiger partial charge in [0.15, 0.2) is 0 Å². The van der Waals surface area contributed by atoms with Gasteiger partial charge in [-0.1, -0.05) is 64.7 Å². The highest BCUT2D eigenvalue weighted by Crippen LogP contribution is 2.11. The van der Waals surface area contributed by atoms with E-state index in [0.717, 1.165) is 26.2 Å². The normalized spacial score (nSPS) is 12.6. The Kier molecular flexibility index (Phi) is 17.3. The third kappa shape index (κ3) is 18.3. The van der Waals surface area contributed by atoms with Gasteiger partial charge in [0, 0.05) is 13.3 Å². The highest BCUT2D eigenvalue weighted by Gasteiger charge is 2.23. The molecule has 31 heavy (non-hydrogen) atoms. The smallest absolute Gasteiger partial charge is 0.326 e. The van der Waals surface area contributed by atoms with Crippen molar-refractivity contribution in [2.75, 3.05) is 13.2 Å². The van der Waals surface area contributed by atoms with Crippen LogP contribution in [0.15, 0.2) is 0 Å². The first-order valence-corrected chi connectivity index (χ1v) is 11.3. The van der Waals surface area contributed by atoms with Crippen LogP contribution in [0.5, 0.6) is 0 Å². The Morgan fingerprint density at radius 3 is 1.77 bits per heavy atom. The van der Waals surface area contributed by atoms with Crippen molar-refractivity contribution in [3.63, 3.8) is 0 Å². The van der Waals surface area contributed by atoms with Crippen LogP contribution >= 0.6 is 0 Å². The topological polar surface area (TPSA) is 139 Å². The Balaban J connectivity index is 3.75. The van der Waals surface area contributed by atoms with Crippen molar-refractivity contribution in [1.82, 2.24) is 5.32 Å². The summed E-state index contributed by atoms with van der Waals surface area (Å²) in [5, 5.41) is 20.8. The molecular weight excluding hydrogens is 406 g/mol. The SMILES string of the molecule is CCCCCCCCCCCCC(=O)OCC(O)COC(=O)CC(NC(C)=O)C(=O)O. The lowest BCUT2D eigenvalue weighted by Gasteiger charge is -2.14. The average Bonchev–Trinajstić information content (AvgIpc) is 2.71. The summed E-state index contributed by atoms with van der Waals surface area (Å²) in [4.78, 5) is 45.2. The number of hydrogen-bond donors (Lipinski definition) is 3. The predicted molar refractivity (Wildman–Crippen MR) is 114 cm³/mol. The molecule has 0 aliphatic carbocycles. The molecule has 0 bridgehead atoms. The van der Waals surface area contributed by atoms with Crippen LogP contribution < -0.4 is 5.32 Å². The lowest BCUT2D eigenvalue weighted by Crippen LogP contribution is -2.41. The summed E-state index contributed by atoms with van der Waals surface area (Å²) in [5.74, 6) is -3.26. The summed E-state index contributed by atoms with van der Waals surface area (Å²) in [5.41, 5.74) is 0. The van der Waals surface area contributed by atoms with E-state index in [1.54, 1.807) is 0 Å². The van der Waals surface area contributed by atoms with Gasteiger partial charge >= 0.3 is 17.9 Å². The first kappa shape index (κ1) is 28.8. The number of nitrogens with one attached hydrogen (secondary N) is 1. The first-order chi connectivity index (χ1) is 14.8. The number of carbonyl (C=O) groups is 4. The van der Waals surface area contributed by atoms with E-state index in [1.165, 1.54) is 44.9 Å². The number of carboxylic acid groups (broad SMARTS) is 1. The summed E-state index contributed by atoms with van der Waals surface area (Å²) in [6.45, 7) is 2.60. The second-order valence-corrected chi connectivity index (χ2v) is 7.75. The minimum atomic E-state index is -1.40. The standard InChI is InChI=1S/C22H39NO8/c1-3-4-5-6-7-8-9-10-11-12-13-20(26)30-15-18(25)16-31-21(27)14-19(22(28)29)23-17(2)24/h18-19,25H,3-16H2,1-2H3,(H,23,24)(H,28,29). The average molecular weight is 446 g/mol. The molecule has 1 amide bonds. The zero-order chi connectivity index (χ0) is 23.5. The van der Waals surface area contributed by atoms with Crippen molar-refractivity contribution in [2.45, 2.75) is 103 Å². The molecule has 3 N–H and O–H groups in total. The van der Waals surface area contributed by atoms with E-state index in [9.17, 15) is 24.3 Å². The van der Waals surface area contributed by atoms with Crippen LogP contribution in [0.25, 0.3) is 0 Å². The molecule has 0 aromatic heterocycles. The third-order valence-corrected chi connectivity index (χ3v) is 4.65. The van der Waals surface area contributed by atoms with Crippen LogP contribution in [-0.2, 0) is 28.7 Å². The molecule has 0 aromatic carbocycles. The Hall–Kier alpha value is -2.16. The van der Waals surface area contributed by atoms with Gasteiger partial charge in [-0.2, -0.15) is 0 Å². The van der Waals surface area contributed by atoms with Crippen LogP contribution in [0.2, 0.25) is 0 Å². The van der Waals surface area contributed by atoms with Crippen molar-refractivity contribution in [3.05, 3.63) is 0 Å².